The SMILES string of the molecule is Cc1c(F)cncc1-c1cc2cnc(Cl)cc2c[n+]1[O-]. The first-order valence-corrected chi connectivity index (χ1v) is 6.23. The van der Waals surface area contributed by atoms with E-state index in [0.717, 1.165) is 11.6 Å². The van der Waals surface area contributed by atoms with Gasteiger partial charge in [0, 0.05) is 29.4 Å². The molecule has 0 bridgehead atoms. The zero-order chi connectivity index (χ0) is 14.3. The number of fused-ring (bicyclic) bond motifs is 1. The molecule has 3 aromatic rings. The van der Waals surface area contributed by atoms with Gasteiger partial charge in [0.25, 0.3) is 0 Å². The molecule has 3 heterocycles. The van der Waals surface area contributed by atoms with Crippen molar-refractivity contribution in [3.05, 3.63) is 58.7 Å². The Balaban J connectivity index is 2.29. The van der Waals surface area contributed by atoms with E-state index in [0.29, 0.717) is 32.1 Å². The summed E-state index contributed by atoms with van der Waals surface area (Å²) in [6.45, 7) is 1.61. The lowest BCUT2D eigenvalue weighted by Gasteiger charge is -2.08. The first kappa shape index (κ1) is 12.7. The van der Waals surface area contributed by atoms with Gasteiger partial charge in [-0.25, -0.2) is 9.37 Å². The molecule has 0 N–H and O–H groups in total. The Morgan fingerprint density at radius 3 is 2.80 bits per heavy atom. The molecule has 100 valence electrons. The smallest absolute Gasteiger partial charge is 0.226 e. The number of rotatable bonds is 1. The average molecular weight is 290 g/mol. The van der Waals surface area contributed by atoms with Gasteiger partial charge < -0.3 is 5.21 Å². The maximum Gasteiger partial charge on any atom is 0.226 e. The van der Waals surface area contributed by atoms with E-state index in [1.54, 1.807) is 25.3 Å². The van der Waals surface area contributed by atoms with Crippen molar-refractivity contribution < 1.29 is 9.12 Å². The second kappa shape index (κ2) is 4.68. The maximum atomic E-state index is 13.6. The molecule has 0 unspecified atom stereocenters. The van der Waals surface area contributed by atoms with Crippen LogP contribution in [0.5, 0.6) is 0 Å². The fourth-order valence-corrected chi connectivity index (χ4v) is 2.21. The van der Waals surface area contributed by atoms with Crippen molar-refractivity contribution >= 4 is 22.4 Å². The van der Waals surface area contributed by atoms with Crippen LogP contribution in [0.2, 0.25) is 5.15 Å². The molecule has 3 rings (SSSR count). The lowest BCUT2D eigenvalue weighted by atomic mass is 10.1. The first-order valence-electron chi connectivity index (χ1n) is 5.85. The predicted octanol–water partition coefficient (Wildman–Crippen LogP) is 3.03. The Morgan fingerprint density at radius 1 is 1.20 bits per heavy atom. The van der Waals surface area contributed by atoms with Crippen LogP contribution in [0.4, 0.5) is 4.39 Å². The Morgan fingerprint density at radius 2 is 2.00 bits per heavy atom. The molecule has 0 amide bonds. The van der Waals surface area contributed by atoms with Crippen LogP contribution in [0.3, 0.4) is 0 Å². The molecule has 6 heteroatoms. The first-order chi connectivity index (χ1) is 9.56. The molecule has 0 atom stereocenters. The molecular weight excluding hydrogens is 281 g/mol. The van der Waals surface area contributed by atoms with Gasteiger partial charge in [-0.05, 0) is 13.0 Å². The summed E-state index contributed by atoms with van der Waals surface area (Å²) in [5, 5.41) is 13.8. The summed E-state index contributed by atoms with van der Waals surface area (Å²) in [7, 11) is 0. The predicted molar refractivity (Wildman–Crippen MR) is 73.6 cm³/mol. The molecule has 20 heavy (non-hydrogen) atoms. The third-order valence-corrected chi connectivity index (χ3v) is 3.36. The largest absolute Gasteiger partial charge is 0.618 e. The molecule has 3 aromatic heterocycles. The highest BCUT2D eigenvalue weighted by Gasteiger charge is 2.16. The van der Waals surface area contributed by atoms with Crippen LogP contribution in [0.25, 0.3) is 22.0 Å². The van der Waals surface area contributed by atoms with Gasteiger partial charge in [0.2, 0.25) is 5.69 Å². The van der Waals surface area contributed by atoms with Gasteiger partial charge in [0.1, 0.15) is 11.0 Å². The fraction of sp³-hybridized carbons (Fsp3) is 0.0714. The van der Waals surface area contributed by atoms with Gasteiger partial charge in [0.15, 0.2) is 6.20 Å². The molecule has 0 aliphatic rings. The minimum absolute atomic E-state index is 0.314. The zero-order valence-electron chi connectivity index (χ0n) is 10.5. The summed E-state index contributed by atoms with van der Waals surface area (Å²) < 4.78 is 14.2. The summed E-state index contributed by atoms with van der Waals surface area (Å²) in [5.41, 5.74) is 1.16. The van der Waals surface area contributed by atoms with E-state index < -0.39 is 5.82 Å². The third kappa shape index (κ3) is 2.06. The summed E-state index contributed by atoms with van der Waals surface area (Å²) in [6.07, 6.45) is 5.56. The monoisotopic (exact) mass is 289 g/mol. The van der Waals surface area contributed by atoms with Gasteiger partial charge >= 0.3 is 0 Å². The summed E-state index contributed by atoms with van der Waals surface area (Å²) in [5.74, 6) is -0.447. The molecular formula is C14H9ClFN3O. The van der Waals surface area contributed by atoms with E-state index in [9.17, 15) is 9.60 Å². The Labute approximate surface area is 119 Å². The number of pyridine rings is 3. The molecule has 0 saturated heterocycles. The minimum Gasteiger partial charge on any atom is -0.618 e. The summed E-state index contributed by atoms with van der Waals surface area (Å²) in [6, 6.07) is 3.25. The molecule has 0 aliphatic carbocycles. The van der Waals surface area contributed by atoms with E-state index in [1.807, 2.05) is 0 Å². The Kier molecular flexibility index (Phi) is 2.99. The van der Waals surface area contributed by atoms with Crippen molar-refractivity contribution in [3.8, 4) is 11.3 Å². The molecule has 0 spiro atoms. The van der Waals surface area contributed by atoms with E-state index in [2.05, 4.69) is 9.97 Å². The number of halogens is 2. The molecule has 0 radical (unpaired) electrons. The molecule has 0 aliphatic heterocycles. The highest BCUT2D eigenvalue weighted by Crippen LogP contribution is 2.24. The topological polar surface area (TPSA) is 52.7 Å². The van der Waals surface area contributed by atoms with E-state index in [4.69, 9.17) is 11.6 Å². The van der Waals surface area contributed by atoms with Crippen LogP contribution in [0, 0.1) is 17.9 Å². The van der Waals surface area contributed by atoms with Gasteiger partial charge in [-0.1, -0.05) is 11.6 Å². The van der Waals surface area contributed by atoms with Gasteiger partial charge in [-0.3, -0.25) is 4.98 Å². The average Bonchev–Trinajstić information content (AvgIpc) is 2.41. The zero-order valence-corrected chi connectivity index (χ0v) is 11.2. The Hall–Kier alpha value is -2.27. The normalized spacial score (nSPS) is 10.9. The van der Waals surface area contributed by atoms with Crippen LogP contribution >= 0.6 is 11.6 Å². The highest BCUT2D eigenvalue weighted by atomic mass is 35.5. The van der Waals surface area contributed by atoms with Crippen molar-refractivity contribution in [2.24, 2.45) is 0 Å². The second-order valence-corrected chi connectivity index (χ2v) is 4.80. The summed E-state index contributed by atoms with van der Waals surface area (Å²) >= 11 is 5.79. The maximum absolute atomic E-state index is 13.6. The number of nitrogens with zero attached hydrogens (tertiary/aromatic N) is 3. The van der Waals surface area contributed by atoms with Crippen LogP contribution < -0.4 is 4.73 Å². The van der Waals surface area contributed by atoms with Gasteiger partial charge in [0.05, 0.1) is 17.1 Å². The van der Waals surface area contributed by atoms with Crippen LogP contribution in [0.1, 0.15) is 5.56 Å². The lowest BCUT2D eigenvalue weighted by molar-refractivity contribution is -0.592. The molecule has 0 saturated carbocycles. The van der Waals surface area contributed by atoms with Crippen LogP contribution in [0.15, 0.2) is 36.9 Å². The van der Waals surface area contributed by atoms with Crippen molar-refractivity contribution in [3.63, 3.8) is 0 Å². The second-order valence-electron chi connectivity index (χ2n) is 4.41. The van der Waals surface area contributed by atoms with E-state index in [-0.39, 0.29) is 0 Å². The van der Waals surface area contributed by atoms with Crippen molar-refractivity contribution in [2.75, 3.05) is 0 Å². The quantitative estimate of drug-likeness (QED) is 0.393. The molecule has 4 nitrogen and oxygen atoms in total. The fourth-order valence-electron chi connectivity index (χ4n) is 2.05. The Bertz CT molecular complexity index is 823. The van der Waals surface area contributed by atoms with Gasteiger partial charge in [-0.15, -0.1) is 0 Å². The van der Waals surface area contributed by atoms with E-state index in [1.165, 1.54) is 12.4 Å². The van der Waals surface area contributed by atoms with Crippen LogP contribution in [-0.2, 0) is 0 Å². The molecule has 0 aromatic carbocycles. The number of aromatic nitrogens is 3. The number of hydrogen-bond acceptors (Lipinski definition) is 3. The van der Waals surface area contributed by atoms with Crippen LogP contribution in [-0.4, -0.2) is 9.97 Å². The van der Waals surface area contributed by atoms with E-state index >= 15 is 0 Å². The van der Waals surface area contributed by atoms with Crippen molar-refractivity contribution in [1.82, 2.24) is 9.97 Å². The van der Waals surface area contributed by atoms with Gasteiger partial charge in [-0.2, -0.15) is 4.73 Å². The lowest BCUT2D eigenvalue weighted by Crippen LogP contribution is -2.28. The van der Waals surface area contributed by atoms with Crippen molar-refractivity contribution in [1.29, 1.82) is 0 Å². The highest BCUT2D eigenvalue weighted by molar-refractivity contribution is 6.30. The van der Waals surface area contributed by atoms with Crippen molar-refractivity contribution in [2.45, 2.75) is 6.92 Å². The standard InChI is InChI=1S/C14H9ClFN3O/c1-8-11(5-17-6-12(8)16)13-2-9-4-18-14(15)3-10(9)7-19(13)20/h2-7H,1H3. The number of hydrogen-bond donors (Lipinski definition) is 0. The third-order valence-electron chi connectivity index (χ3n) is 3.15. The minimum atomic E-state index is -0.447. The summed E-state index contributed by atoms with van der Waals surface area (Å²) in [4.78, 5) is 7.77. The molecule has 0 fully saturated rings.